The highest BCUT2D eigenvalue weighted by Gasteiger charge is 2.75. The molecule has 1 aliphatic heterocycles. The maximum Gasteiger partial charge on any atom is 0.320 e. The first-order valence-corrected chi connectivity index (χ1v) is 27.7. The van der Waals surface area contributed by atoms with Gasteiger partial charge in [0.2, 0.25) is 0 Å². The van der Waals surface area contributed by atoms with E-state index in [2.05, 4.69) is 251 Å². The second kappa shape index (κ2) is 15.6. The van der Waals surface area contributed by atoms with Gasteiger partial charge in [-0.25, -0.2) is 9.97 Å². The molecule has 4 aromatic heterocycles. The van der Waals surface area contributed by atoms with Crippen LogP contribution in [0.25, 0.3) is 62.9 Å². The monoisotopic (exact) mass is 912 g/mol. The summed E-state index contributed by atoms with van der Waals surface area (Å²) in [5, 5.41) is 10.2. The highest BCUT2D eigenvalue weighted by atomic mass is 32.1. The van der Waals surface area contributed by atoms with E-state index in [9.17, 15) is 0 Å². The van der Waals surface area contributed by atoms with E-state index < -0.39 is 16.8 Å². The van der Waals surface area contributed by atoms with Gasteiger partial charge in [-0.1, -0.05) is 206 Å². The largest absolute Gasteiger partial charge is 0.363 e. The van der Waals surface area contributed by atoms with Crippen molar-refractivity contribution < 1.29 is 0 Å². The average Bonchev–Trinajstić information content (AvgIpc) is 3.97. The van der Waals surface area contributed by atoms with Gasteiger partial charge in [-0.2, -0.15) is 0 Å². The van der Waals surface area contributed by atoms with Gasteiger partial charge in [0.05, 0.1) is 11.4 Å². The van der Waals surface area contributed by atoms with Crippen LogP contribution in [0.4, 0.5) is 11.6 Å². The van der Waals surface area contributed by atoms with Crippen molar-refractivity contribution in [3.63, 3.8) is 0 Å². The van der Waals surface area contributed by atoms with E-state index in [1.54, 1.807) is 0 Å². The van der Waals surface area contributed by atoms with Gasteiger partial charge < -0.3 is 8.46 Å². The molecule has 0 spiro atoms. The van der Waals surface area contributed by atoms with Gasteiger partial charge in [-0.15, -0.1) is 22.7 Å². The second-order valence-electron chi connectivity index (χ2n) is 16.8. The minimum atomic E-state index is -3.34. The third kappa shape index (κ3) is 5.72. The molecule has 4 nitrogen and oxygen atoms in total. The summed E-state index contributed by atoms with van der Waals surface area (Å²) in [5.41, 5.74) is 4.23. The van der Waals surface area contributed by atoms with Crippen LogP contribution in [0.3, 0.4) is 0 Å². The molecule has 0 saturated carbocycles. The molecule has 12 aromatic rings. The number of rotatable bonds is 8. The van der Waals surface area contributed by atoms with E-state index in [1.165, 1.54) is 61.1 Å². The Bertz CT molecular complexity index is 3410. The van der Waals surface area contributed by atoms with Gasteiger partial charge in [0.1, 0.15) is 11.6 Å². The van der Waals surface area contributed by atoms with E-state index >= 15 is 0 Å². The Kier molecular flexibility index (Phi) is 9.21. The summed E-state index contributed by atoms with van der Waals surface area (Å²) in [6.07, 6.45) is 0. The van der Waals surface area contributed by atoms with Crippen molar-refractivity contribution in [2.24, 2.45) is 0 Å². The quantitative estimate of drug-likeness (QED) is 0.142. The van der Waals surface area contributed by atoms with Gasteiger partial charge in [0, 0.05) is 51.5 Å². The lowest BCUT2D eigenvalue weighted by Gasteiger charge is -2.71. The number of benzene rings is 8. The highest BCUT2D eigenvalue weighted by molar-refractivity contribution is 7.38. The third-order valence-corrected chi connectivity index (χ3v) is 27.7. The van der Waals surface area contributed by atoms with E-state index in [0.717, 1.165) is 34.2 Å². The molecule has 0 aliphatic carbocycles. The van der Waals surface area contributed by atoms with Crippen molar-refractivity contribution in [2.45, 2.75) is 0 Å². The number of nitrogens with zero attached hydrogens (tertiary/aromatic N) is 4. The summed E-state index contributed by atoms with van der Waals surface area (Å²) in [7, 11) is -6.67. The molecule has 8 heteroatoms. The zero-order chi connectivity index (χ0) is 43.7. The smallest absolute Gasteiger partial charge is 0.320 e. The van der Waals surface area contributed by atoms with Crippen molar-refractivity contribution in [1.82, 2.24) is 9.97 Å². The minimum absolute atomic E-state index is 0.965. The normalized spacial score (nSPS) is 14.2. The van der Waals surface area contributed by atoms with Gasteiger partial charge in [-0.3, -0.25) is 0 Å². The number of thiophene rings is 2. The maximum absolute atomic E-state index is 5.88. The molecule has 5 heterocycles. The maximum atomic E-state index is 5.88. The number of fused-ring (bicyclic) bond motifs is 6. The molecule has 1 saturated heterocycles. The Labute approximate surface area is 393 Å². The van der Waals surface area contributed by atoms with Crippen LogP contribution in [0.2, 0.25) is 0 Å². The summed E-state index contributed by atoms with van der Waals surface area (Å²) in [6.45, 7) is 0. The molecule has 13 rings (SSSR count). The van der Waals surface area contributed by atoms with Crippen molar-refractivity contribution in [2.75, 3.05) is 8.46 Å². The van der Waals surface area contributed by atoms with Crippen LogP contribution >= 0.6 is 22.7 Å². The zero-order valence-electron chi connectivity index (χ0n) is 35.7. The Morgan fingerprint density at radius 2 is 0.606 bits per heavy atom. The molecular weight excluding hydrogens is 873 g/mol. The van der Waals surface area contributed by atoms with Crippen molar-refractivity contribution >= 4 is 112 Å². The van der Waals surface area contributed by atoms with Crippen LogP contribution in [0.15, 0.2) is 243 Å². The molecule has 0 N–H and O–H groups in total. The fourth-order valence-corrected chi connectivity index (χ4v) is 28.1. The van der Waals surface area contributed by atoms with Crippen LogP contribution in [0.1, 0.15) is 0 Å². The number of aromatic nitrogens is 2. The molecule has 0 bridgehead atoms. The van der Waals surface area contributed by atoms with E-state index in [-0.39, 0.29) is 0 Å². The lowest BCUT2D eigenvalue weighted by molar-refractivity contribution is 1.13. The van der Waals surface area contributed by atoms with E-state index in [1.807, 2.05) is 22.7 Å². The van der Waals surface area contributed by atoms with Crippen molar-refractivity contribution in [3.05, 3.63) is 243 Å². The third-order valence-electron chi connectivity index (χ3n) is 13.3. The number of pyridine rings is 2. The lowest BCUT2D eigenvalue weighted by Crippen LogP contribution is -3.07. The van der Waals surface area contributed by atoms with Gasteiger partial charge in [0.15, 0.2) is 0 Å². The van der Waals surface area contributed by atoms with Crippen LogP contribution in [-0.4, -0.2) is 26.8 Å². The predicted molar refractivity (Wildman–Crippen MR) is 286 cm³/mol. The SMILES string of the molecule is c1ccc([Si]2(c3ccccc3)N(c3cccc(-c4cccc5c4sc4ccccc45)n3)[Si](c3ccccc3)(c3ccccc3)N2c2cccc(-c3cccc4c3sc3ccccc34)n2)cc1. The number of hydrogen-bond acceptors (Lipinski definition) is 6. The zero-order valence-corrected chi connectivity index (χ0v) is 39.3. The van der Waals surface area contributed by atoms with Gasteiger partial charge in [0.25, 0.3) is 0 Å². The van der Waals surface area contributed by atoms with E-state index in [4.69, 9.17) is 9.97 Å². The topological polar surface area (TPSA) is 32.3 Å². The number of anilines is 2. The van der Waals surface area contributed by atoms with Crippen LogP contribution in [0.5, 0.6) is 0 Å². The van der Waals surface area contributed by atoms with Gasteiger partial charge in [-0.05, 0) is 57.1 Å². The summed E-state index contributed by atoms with van der Waals surface area (Å²) in [4.78, 5) is 11.8. The molecule has 0 unspecified atom stereocenters. The molecular formula is C58H40N4S2Si2. The lowest BCUT2D eigenvalue weighted by atomic mass is 10.1. The molecule has 0 atom stereocenters. The van der Waals surface area contributed by atoms with Crippen LogP contribution in [-0.2, 0) is 0 Å². The Hall–Kier alpha value is -7.47. The first kappa shape index (κ1) is 38.9. The summed E-state index contributed by atoms with van der Waals surface area (Å²) < 4.78 is 10.8. The molecule has 0 amide bonds. The summed E-state index contributed by atoms with van der Waals surface area (Å²) >= 11 is 3.70. The second-order valence-corrected chi connectivity index (χ2v) is 26.6. The Morgan fingerprint density at radius 3 is 0.985 bits per heavy atom. The number of hydrogen-bond donors (Lipinski definition) is 0. The molecule has 0 radical (unpaired) electrons. The van der Waals surface area contributed by atoms with Crippen molar-refractivity contribution in [3.8, 4) is 22.5 Å². The molecule has 312 valence electrons. The molecule has 1 aliphatic rings. The molecule has 8 aromatic carbocycles. The van der Waals surface area contributed by atoms with Crippen LogP contribution < -0.4 is 29.2 Å². The van der Waals surface area contributed by atoms with Crippen molar-refractivity contribution in [1.29, 1.82) is 0 Å². The standard InChI is InChI=1S/C58H40N4S2Si2/c1-5-21-41(22-6-1)65(42-23-7-2-8-24-42)61(55-39-19-35-51(59-55)49-33-17-31-47-45-29-13-15-37-53(45)63-57(47)49)66(43-25-9-3-10-26-43,44-27-11-4-12-28-44)62(65)56-40-20-36-52(60-56)50-34-18-32-48-46-30-14-16-38-54(46)64-58(48)50/h1-40H. The minimum Gasteiger partial charge on any atom is -0.363 e. The van der Waals surface area contributed by atoms with Crippen LogP contribution in [0, 0.1) is 0 Å². The summed E-state index contributed by atoms with van der Waals surface area (Å²) in [5.74, 6) is 1.93. The van der Waals surface area contributed by atoms with E-state index in [0.29, 0.717) is 0 Å². The fraction of sp³-hybridized carbons (Fsp3) is 0. The predicted octanol–water partition coefficient (Wildman–Crippen LogP) is 12.4. The highest BCUT2D eigenvalue weighted by Crippen LogP contribution is 2.47. The molecule has 66 heavy (non-hydrogen) atoms. The summed E-state index contributed by atoms with van der Waals surface area (Å²) in [6, 6.07) is 89.1. The Morgan fingerprint density at radius 1 is 0.288 bits per heavy atom. The Balaban J connectivity index is 1.13. The van der Waals surface area contributed by atoms with Gasteiger partial charge >= 0.3 is 16.8 Å². The first-order chi connectivity index (χ1) is 32.7. The molecule has 1 fully saturated rings. The first-order valence-electron chi connectivity index (χ1n) is 22.3. The average molecular weight is 913 g/mol. The fourth-order valence-electron chi connectivity index (χ4n) is 10.6.